The van der Waals surface area contributed by atoms with E-state index in [1.54, 1.807) is 7.05 Å². The number of benzene rings is 2. The van der Waals surface area contributed by atoms with E-state index in [0.29, 0.717) is 5.56 Å². The van der Waals surface area contributed by atoms with Crippen LogP contribution >= 0.6 is 11.6 Å². The molecule has 0 fully saturated rings. The highest BCUT2D eigenvalue weighted by Gasteiger charge is 2.19. The minimum absolute atomic E-state index is 0.121. The lowest BCUT2D eigenvalue weighted by atomic mass is 9.98. The zero-order valence-electron chi connectivity index (χ0n) is 10.1. The molecular weight excluding hydrogens is 275 g/mol. The molecule has 0 aliphatic carbocycles. The van der Waals surface area contributed by atoms with Gasteiger partial charge in [0.15, 0.2) is 0 Å². The largest absolute Gasteiger partial charge is 0.309 e. The molecule has 0 amide bonds. The first-order valence-electron chi connectivity index (χ1n) is 5.60. The number of halogens is 4. The summed E-state index contributed by atoms with van der Waals surface area (Å²) in [7, 11) is 1.59. The Morgan fingerprint density at radius 3 is 2.21 bits per heavy atom. The Kier molecular flexibility index (Phi) is 4.12. The second-order valence-corrected chi connectivity index (χ2v) is 4.46. The lowest BCUT2D eigenvalue weighted by Gasteiger charge is -2.19. The highest BCUT2D eigenvalue weighted by atomic mass is 35.5. The summed E-state index contributed by atoms with van der Waals surface area (Å²) in [5.41, 5.74) is 0.603. The molecule has 100 valence electrons. The van der Waals surface area contributed by atoms with Crippen molar-refractivity contribution in [2.75, 3.05) is 7.05 Å². The predicted octanol–water partition coefficient (Wildman–Crippen LogP) is 4.07. The predicted molar refractivity (Wildman–Crippen MR) is 68.7 cm³/mol. The zero-order chi connectivity index (χ0) is 14.0. The highest BCUT2D eigenvalue weighted by Crippen LogP contribution is 2.30. The smallest absolute Gasteiger partial charge is 0.128 e. The third-order valence-corrected chi connectivity index (χ3v) is 3.16. The molecule has 1 atom stereocenters. The summed E-state index contributed by atoms with van der Waals surface area (Å²) in [4.78, 5) is 0. The van der Waals surface area contributed by atoms with Gasteiger partial charge in [0, 0.05) is 10.6 Å². The maximum Gasteiger partial charge on any atom is 0.128 e. The number of nitrogens with one attached hydrogen (secondary N) is 1. The molecule has 0 aliphatic heterocycles. The lowest BCUT2D eigenvalue weighted by molar-refractivity contribution is 0.557. The standard InChI is InChI=1S/C14H11ClF3N/c1-19-14(10-4-2-9(17)7-12(10)15)11-6-8(16)3-5-13(11)18/h2-7,14,19H,1H3. The summed E-state index contributed by atoms with van der Waals surface area (Å²) in [6.45, 7) is 0. The summed E-state index contributed by atoms with van der Waals surface area (Å²) < 4.78 is 40.0. The fourth-order valence-corrected chi connectivity index (χ4v) is 2.23. The maximum atomic E-state index is 13.8. The molecule has 1 unspecified atom stereocenters. The van der Waals surface area contributed by atoms with Gasteiger partial charge >= 0.3 is 0 Å². The van der Waals surface area contributed by atoms with E-state index >= 15 is 0 Å². The Balaban J connectivity index is 2.52. The second-order valence-electron chi connectivity index (χ2n) is 4.05. The highest BCUT2D eigenvalue weighted by molar-refractivity contribution is 6.31. The van der Waals surface area contributed by atoms with E-state index in [2.05, 4.69) is 5.32 Å². The van der Waals surface area contributed by atoms with Gasteiger partial charge in [-0.15, -0.1) is 0 Å². The molecule has 0 aliphatic rings. The van der Waals surface area contributed by atoms with Crippen molar-refractivity contribution in [1.82, 2.24) is 5.32 Å². The minimum Gasteiger partial charge on any atom is -0.309 e. The van der Waals surface area contributed by atoms with Crippen molar-refractivity contribution in [3.05, 3.63) is 70.0 Å². The summed E-state index contributed by atoms with van der Waals surface area (Å²) in [5.74, 6) is -1.58. The topological polar surface area (TPSA) is 12.0 Å². The Labute approximate surface area is 114 Å². The van der Waals surface area contributed by atoms with Crippen LogP contribution in [0.4, 0.5) is 13.2 Å². The Bertz CT molecular complexity index is 601. The van der Waals surface area contributed by atoms with E-state index in [4.69, 9.17) is 11.6 Å². The molecule has 0 aromatic heterocycles. The average Bonchev–Trinajstić information content (AvgIpc) is 2.36. The van der Waals surface area contributed by atoms with Gasteiger partial charge in [0.25, 0.3) is 0 Å². The molecule has 0 saturated carbocycles. The van der Waals surface area contributed by atoms with Crippen LogP contribution in [0.5, 0.6) is 0 Å². The Morgan fingerprint density at radius 1 is 0.947 bits per heavy atom. The van der Waals surface area contributed by atoms with Crippen LogP contribution in [0.2, 0.25) is 5.02 Å². The summed E-state index contributed by atoms with van der Waals surface area (Å²) in [6, 6.07) is 6.34. The normalized spacial score (nSPS) is 12.5. The van der Waals surface area contributed by atoms with E-state index < -0.39 is 23.5 Å². The molecular formula is C14H11ClF3N. The fraction of sp³-hybridized carbons (Fsp3) is 0.143. The van der Waals surface area contributed by atoms with Gasteiger partial charge in [-0.05, 0) is 42.9 Å². The van der Waals surface area contributed by atoms with Crippen LogP contribution in [0.3, 0.4) is 0 Å². The number of hydrogen-bond donors (Lipinski definition) is 1. The molecule has 0 bridgehead atoms. The van der Waals surface area contributed by atoms with Crippen LogP contribution in [0.15, 0.2) is 36.4 Å². The van der Waals surface area contributed by atoms with Gasteiger partial charge in [-0.1, -0.05) is 17.7 Å². The molecule has 1 N–H and O–H groups in total. The molecule has 0 radical (unpaired) electrons. The maximum absolute atomic E-state index is 13.8. The summed E-state index contributed by atoms with van der Waals surface area (Å²) in [6.07, 6.45) is 0. The Morgan fingerprint density at radius 2 is 1.58 bits per heavy atom. The van der Waals surface area contributed by atoms with Crippen molar-refractivity contribution in [1.29, 1.82) is 0 Å². The van der Waals surface area contributed by atoms with Crippen molar-refractivity contribution in [3.63, 3.8) is 0 Å². The first-order chi connectivity index (χ1) is 9.02. The molecule has 5 heteroatoms. The van der Waals surface area contributed by atoms with Crippen molar-refractivity contribution in [2.24, 2.45) is 0 Å². The zero-order valence-corrected chi connectivity index (χ0v) is 10.8. The van der Waals surface area contributed by atoms with Gasteiger partial charge in [-0.2, -0.15) is 0 Å². The quantitative estimate of drug-likeness (QED) is 0.896. The SMILES string of the molecule is CNC(c1cc(F)ccc1F)c1ccc(F)cc1Cl. The van der Waals surface area contributed by atoms with Crippen LogP contribution < -0.4 is 5.32 Å². The van der Waals surface area contributed by atoms with Crippen molar-refractivity contribution in [2.45, 2.75) is 6.04 Å². The molecule has 1 nitrogen and oxygen atoms in total. The van der Waals surface area contributed by atoms with E-state index in [9.17, 15) is 13.2 Å². The summed E-state index contributed by atoms with van der Waals surface area (Å²) >= 11 is 5.95. The lowest BCUT2D eigenvalue weighted by Crippen LogP contribution is -2.19. The van der Waals surface area contributed by atoms with Crippen LogP contribution in [-0.2, 0) is 0 Å². The van der Waals surface area contributed by atoms with Crippen molar-refractivity contribution in [3.8, 4) is 0 Å². The van der Waals surface area contributed by atoms with Crippen LogP contribution in [0, 0.1) is 17.5 Å². The van der Waals surface area contributed by atoms with Gasteiger partial charge in [0.2, 0.25) is 0 Å². The molecule has 19 heavy (non-hydrogen) atoms. The van der Waals surface area contributed by atoms with Gasteiger partial charge in [-0.25, -0.2) is 13.2 Å². The molecule has 2 aromatic rings. The van der Waals surface area contributed by atoms with E-state index in [0.717, 1.165) is 24.3 Å². The fourth-order valence-electron chi connectivity index (χ4n) is 1.95. The first kappa shape index (κ1) is 13.9. The van der Waals surface area contributed by atoms with Crippen molar-refractivity contribution >= 4 is 11.6 Å². The third kappa shape index (κ3) is 2.91. The summed E-state index contributed by atoms with van der Waals surface area (Å²) in [5, 5.41) is 3.00. The first-order valence-corrected chi connectivity index (χ1v) is 5.98. The van der Waals surface area contributed by atoms with Crippen LogP contribution in [0.25, 0.3) is 0 Å². The number of hydrogen-bond acceptors (Lipinski definition) is 1. The molecule has 0 spiro atoms. The monoisotopic (exact) mass is 285 g/mol. The van der Waals surface area contributed by atoms with E-state index in [-0.39, 0.29) is 10.6 Å². The molecule has 0 saturated heterocycles. The van der Waals surface area contributed by atoms with E-state index in [1.807, 2.05) is 0 Å². The van der Waals surface area contributed by atoms with Gasteiger partial charge in [0.1, 0.15) is 17.5 Å². The van der Waals surface area contributed by atoms with Gasteiger partial charge < -0.3 is 5.32 Å². The van der Waals surface area contributed by atoms with Crippen LogP contribution in [-0.4, -0.2) is 7.05 Å². The van der Waals surface area contributed by atoms with Crippen molar-refractivity contribution < 1.29 is 13.2 Å². The van der Waals surface area contributed by atoms with E-state index in [1.165, 1.54) is 12.1 Å². The van der Waals surface area contributed by atoms with Crippen LogP contribution in [0.1, 0.15) is 17.2 Å². The Hall–Kier alpha value is -1.52. The van der Waals surface area contributed by atoms with Gasteiger partial charge in [-0.3, -0.25) is 0 Å². The second kappa shape index (κ2) is 5.63. The molecule has 2 aromatic carbocycles. The number of rotatable bonds is 3. The molecule has 0 heterocycles. The average molecular weight is 286 g/mol. The third-order valence-electron chi connectivity index (χ3n) is 2.83. The van der Waals surface area contributed by atoms with Gasteiger partial charge in [0.05, 0.1) is 6.04 Å². The minimum atomic E-state index is -0.649. The molecule has 2 rings (SSSR count).